The van der Waals surface area contributed by atoms with Crippen molar-refractivity contribution in [1.29, 1.82) is 0 Å². The first-order valence-electron chi connectivity index (χ1n) is 5.46. The highest BCUT2D eigenvalue weighted by Crippen LogP contribution is 2.25. The van der Waals surface area contributed by atoms with E-state index >= 15 is 0 Å². The summed E-state index contributed by atoms with van der Waals surface area (Å²) in [5.41, 5.74) is 6.24. The Morgan fingerprint density at radius 2 is 2.44 bits per heavy atom. The lowest BCUT2D eigenvalue weighted by Gasteiger charge is -2.35. The van der Waals surface area contributed by atoms with Gasteiger partial charge in [-0.25, -0.2) is 0 Å². The van der Waals surface area contributed by atoms with Gasteiger partial charge in [0.2, 0.25) is 0 Å². The standard InChI is InChI=1S/C11H16N2O2S/c1-2-15-8-5-7(6-8)13-11(14)10-9(12)3-4-16-10/h3-4,7-8H,2,5-6,12H2,1H3,(H,13,14). The topological polar surface area (TPSA) is 64.3 Å². The van der Waals surface area contributed by atoms with E-state index in [1.54, 1.807) is 6.07 Å². The van der Waals surface area contributed by atoms with Crippen LogP contribution >= 0.6 is 11.3 Å². The summed E-state index contributed by atoms with van der Waals surface area (Å²) in [6.07, 6.45) is 2.13. The number of nitrogens with one attached hydrogen (secondary N) is 1. The molecular formula is C11H16N2O2S. The Bertz CT molecular complexity index is 372. The Morgan fingerprint density at radius 1 is 1.69 bits per heavy atom. The summed E-state index contributed by atoms with van der Waals surface area (Å²) in [5, 5.41) is 4.79. The highest BCUT2D eigenvalue weighted by atomic mass is 32.1. The molecule has 1 heterocycles. The Labute approximate surface area is 98.8 Å². The number of carbonyl (C=O) groups excluding carboxylic acids is 1. The first kappa shape index (κ1) is 11.4. The Kier molecular flexibility index (Phi) is 3.46. The molecule has 0 bridgehead atoms. The van der Waals surface area contributed by atoms with E-state index in [1.807, 2.05) is 12.3 Å². The second-order valence-corrected chi connectivity index (χ2v) is 4.84. The minimum Gasteiger partial charge on any atom is -0.397 e. The maximum atomic E-state index is 11.8. The molecule has 16 heavy (non-hydrogen) atoms. The molecule has 1 fully saturated rings. The van der Waals surface area contributed by atoms with Crippen LogP contribution in [-0.4, -0.2) is 24.7 Å². The summed E-state index contributed by atoms with van der Waals surface area (Å²) >= 11 is 1.38. The monoisotopic (exact) mass is 240 g/mol. The van der Waals surface area contributed by atoms with E-state index in [0.717, 1.165) is 19.4 Å². The number of nitrogens with two attached hydrogens (primary N) is 1. The van der Waals surface area contributed by atoms with Crippen LogP contribution in [0.25, 0.3) is 0 Å². The second kappa shape index (κ2) is 4.84. The van der Waals surface area contributed by atoms with Gasteiger partial charge in [-0.15, -0.1) is 11.3 Å². The molecule has 1 aromatic rings. The lowest BCUT2D eigenvalue weighted by atomic mass is 9.89. The molecule has 5 heteroatoms. The van der Waals surface area contributed by atoms with Crippen LogP contribution in [0.15, 0.2) is 11.4 Å². The molecule has 1 amide bonds. The maximum absolute atomic E-state index is 11.8. The molecule has 0 aliphatic heterocycles. The zero-order valence-electron chi connectivity index (χ0n) is 9.23. The number of thiophene rings is 1. The quantitative estimate of drug-likeness (QED) is 0.840. The van der Waals surface area contributed by atoms with Gasteiger partial charge in [-0.1, -0.05) is 0 Å². The molecule has 0 radical (unpaired) electrons. The largest absolute Gasteiger partial charge is 0.397 e. The van der Waals surface area contributed by atoms with E-state index in [4.69, 9.17) is 10.5 Å². The van der Waals surface area contributed by atoms with Crippen molar-refractivity contribution in [2.45, 2.75) is 31.9 Å². The summed E-state index contributed by atoms with van der Waals surface area (Å²) in [6, 6.07) is 1.99. The third kappa shape index (κ3) is 2.36. The number of anilines is 1. The van der Waals surface area contributed by atoms with Crippen molar-refractivity contribution < 1.29 is 9.53 Å². The lowest BCUT2D eigenvalue weighted by Crippen LogP contribution is -2.47. The number of nitrogen functional groups attached to an aromatic ring is 1. The number of amides is 1. The van der Waals surface area contributed by atoms with Crippen LogP contribution in [0.1, 0.15) is 29.4 Å². The van der Waals surface area contributed by atoms with Gasteiger partial charge in [0.25, 0.3) is 5.91 Å². The van der Waals surface area contributed by atoms with Crippen LogP contribution < -0.4 is 11.1 Å². The number of hydrogen-bond acceptors (Lipinski definition) is 4. The summed E-state index contributed by atoms with van der Waals surface area (Å²) in [4.78, 5) is 12.4. The number of carbonyl (C=O) groups is 1. The molecule has 2 rings (SSSR count). The van der Waals surface area contributed by atoms with Crippen LogP contribution in [-0.2, 0) is 4.74 Å². The zero-order chi connectivity index (χ0) is 11.5. The minimum absolute atomic E-state index is 0.0625. The van der Waals surface area contributed by atoms with E-state index in [2.05, 4.69) is 5.32 Å². The fourth-order valence-electron chi connectivity index (χ4n) is 1.81. The molecule has 0 saturated heterocycles. The van der Waals surface area contributed by atoms with E-state index < -0.39 is 0 Å². The van der Waals surface area contributed by atoms with Crippen molar-refractivity contribution in [3.63, 3.8) is 0 Å². The fourth-order valence-corrected chi connectivity index (χ4v) is 2.53. The number of hydrogen-bond donors (Lipinski definition) is 2. The molecule has 1 aliphatic carbocycles. The van der Waals surface area contributed by atoms with Crippen LogP contribution in [0.2, 0.25) is 0 Å². The number of rotatable bonds is 4. The van der Waals surface area contributed by atoms with Gasteiger partial charge in [-0.2, -0.15) is 0 Å². The second-order valence-electron chi connectivity index (χ2n) is 3.92. The van der Waals surface area contributed by atoms with E-state index in [0.29, 0.717) is 16.7 Å². The average Bonchev–Trinajstić information content (AvgIpc) is 2.61. The van der Waals surface area contributed by atoms with E-state index in [-0.39, 0.29) is 11.9 Å². The molecule has 1 saturated carbocycles. The van der Waals surface area contributed by atoms with Crippen LogP contribution in [0.5, 0.6) is 0 Å². The van der Waals surface area contributed by atoms with Gasteiger partial charge in [0, 0.05) is 12.6 Å². The molecule has 0 aromatic carbocycles. The molecule has 88 valence electrons. The lowest BCUT2D eigenvalue weighted by molar-refractivity contribution is -0.00857. The zero-order valence-corrected chi connectivity index (χ0v) is 10.0. The Balaban J connectivity index is 1.80. The maximum Gasteiger partial charge on any atom is 0.263 e. The van der Waals surface area contributed by atoms with Crippen molar-refractivity contribution in [3.05, 3.63) is 16.3 Å². The van der Waals surface area contributed by atoms with Crippen molar-refractivity contribution in [1.82, 2.24) is 5.32 Å². The van der Waals surface area contributed by atoms with Gasteiger partial charge in [-0.05, 0) is 31.2 Å². The number of ether oxygens (including phenoxy) is 1. The third-order valence-corrected chi connectivity index (χ3v) is 3.66. The van der Waals surface area contributed by atoms with Gasteiger partial charge >= 0.3 is 0 Å². The Morgan fingerprint density at radius 3 is 3.00 bits per heavy atom. The first-order chi connectivity index (χ1) is 7.70. The fraction of sp³-hybridized carbons (Fsp3) is 0.545. The molecule has 3 N–H and O–H groups in total. The summed E-state index contributed by atoms with van der Waals surface area (Å²) in [7, 11) is 0. The SMILES string of the molecule is CCOC1CC(NC(=O)c2sccc2N)C1. The van der Waals surface area contributed by atoms with Crippen molar-refractivity contribution in [2.24, 2.45) is 0 Å². The summed E-state index contributed by atoms with van der Waals surface area (Å²) in [5.74, 6) is -0.0625. The van der Waals surface area contributed by atoms with Crippen LogP contribution in [0, 0.1) is 0 Å². The van der Waals surface area contributed by atoms with Crippen molar-refractivity contribution >= 4 is 22.9 Å². The Hall–Kier alpha value is -1.07. The van der Waals surface area contributed by atoms with Gasteiger partial charge in [0.15, 0.2) is 0 Å². The average molecular weight is 240 g/mol. The smallest absolute Gasteiger partial charge is 0.263 e. The summed E-state index contributed by atoms with van der Waals surface area (Å²) in [6.45, 7) is 2.72. The van der Waals surface area contributed by atoms with Gasteiger partial charge in [0.1, 0.15) is 4.88 Å². The molecule has 1 aromatic heterocycles. The van der Waals surface area contributed by atoms with Crippen molar-refractivity contribution in [2.75, 3.05) is 12.3 Å². The predicted octanol–water partition coefficient (Wildman–Crippen LogP) is 1.63. The van der Waals surface area contributed by atoms with Crippen molar-refractivity contribution in [3.8, 4) is 0 Å². The van der Waals surface area contributed by atoms with Gasteiger partial charge < -0.3 is 15.8 Å². The molecule has 4 nitrogen and oxygen atoms in total. The third-order valence-electron chi connectivity index (χ3n) is 2.73. The highest BCUT2D eigenvalue weighted by molar-refractivity contribution is 7.12. The molecular weight excluding hydrogens is 224 g/mol. The van der Waals surface area contributed by atoms with E-state index in [9.17, 15) is 4.79 Å². The molecule has 0 spiro atoms. The minimum atomic E-state index is -0.0625. The summed E-state index contributed by atoms with van der Waals surface area (Å²) < 4.78 is 5.43. The van der Waals surface area contributed by atoms with E-state index in [1.165, 1.54) is 11.3 Å². The highest BCUT2D eigenvalue weighted by Gasteiger charge is 2.31. The normalized spacial score (nSPS) is 23.8. The molecule has 1 aliphatic rings. The predicted molar refractivity (Wildman–Crippen MR) is 64.6 cm³/mol. The van der Waals surface area contributed by atoms with Gasteiger partial charge in [-0.3, -0.25) is 4.79 Å². The van der Waals surface area contributed by atoms with Crippen LogP contribution in [0.4, 0.5) is 5.69 Å². The first-order valence-corrected chi connectivity index (χ1v) is 6.34. The molecule has 0 unspecified atom stereocenters. The van der Waals surface area contributed by atoms with Crippen LogP contribution in [0.3, 0.4) is 0 Å². The van der Waals surface area contributed by atoms with Gasteiger partial charge in [0.05, 0.1) is 11.8 Å². The molecule has 0 atom stereocenters.